The standard InChI is InChI=1S/C11H16O2/c1-7-8-4-9(5-10(12)13-3)11(7,2)6-8/h5,7-8H,4,6H2,1-3H3/b9-5+/t7-,8+,11-/m1/s1/i4D2,7D. The van der Waals surface area contributed by atoms with E-state index in [1.54, 1.807) is 6.92 Å². The van der Waals surface area contributed by atoms with Gasteiger partial charge >= 0.3 is 5.97 Å². The van der Waals surface area contributed by atoms with Crippen molar-refractivity contribution in [2.24, 2.45) is 17.2 Å². The molecule has 2 heteroatoms. The number of hydrogen-bond donors (Lipinski definition) is 0. The minimum atomic E-state index is -1.56. The molecule has 3 atom stereocenters. The molecule has 3 saturated carbocycles. The minimum absolute atomic E-state index is 0.319. The highest BCUT2D eigenvalue weighted by Gasteiger charge is 2.56. The number of carbonyl (C=O) groups excluding carboxylic acids is 1. The number of rotatable bonds is 1. The van der Waals surface area contributed by atoms with Crippen molar-refractivity contribution in [1.29, 1.82) is 0 Å². The molecule has 0 saturated heterocycles. The Labute approximate surface area is 83.2 Å². The maximum atomic E-state index is 11.2. The van der Waals surface area contributed by atoms with Crippen LogP contribution in [0.4, 0.5) is 0 Å². The Morgan fingerprint density at radius 1 is 1.92 bits per heavy atom. The Kier molecular flexibility index (Phi) is 1.17. The molecule has 0 heterocycles. The third kappa shape index (κ3) is 1.04. The van der Waals surface area contributed by atoms with E-state index >= 15 is 0 Å². The Morgan fingerprint density at radius 2 is 2.62 bits per heavy atom. The van der Waals surface area contributed by atoms with E-state index in [4.69, 9.17) is 4.11 Å². The third-order valence-electron chi connectivity index (χ3n) is 3.39. The van der Waals surface area contributed by atoms with Crippen molar-refractivity contribution in [3.63, 3.8) is 0 Å². The first-order chi connectivity index (χ1) is 7.18. The number of esters is 1. The summed E-state index contributed by atoms with van der Waals surface area (Å²) in [6, 6.07) is 0. The number of ether oxygens (including phenoxy) is 1. The van der Waals surface area contributed by atoms with Crippen LogP contribution in [-0.2, 0) is 9.53 Å². The number of fused-ring (bicyclic) bond motifs is 1. The van der Waals surface area contributed by atoms with Gasteiger partial charge in [0.25, 0.3) is 0 Å². The van der Waals surface area contributed by atoms with E-state index < -0.39 is 23.7 Å². The fraction of sp³-hybridized carbons (Fsp3) is 0.727. The molecule has 0 amide bonds. The maximum absolute atomic E-state index is 11.2. The molecule has 0 unspecified atom stereocenters. The molecule has 3 fully saturated rings. The molecule has 0 radical (unpaired) electrons. The molecule has 0 aromatic rings. The highest BCUT2D eigenvalue weighted by atomic mass is 16.5. The van der Waals surface area contributed by atoms with Gasteiger partial charge in [0, 0.05) is 10.2 Å². The van der Waals surface area contributed by atoms with Gasteiger partial charge in [-0.15, -0.1) is 0 Å². The highest BCUT2D eigenvalue weighted by Crippen LogP contribution is 2.65. The van der Waals surface area contributed by atoms with Gasteiger partial charge < -0.3 is 4.74 Å². The van der Waals surface area contributed by atoms with E-state index in [0.717, 1.165) is 0 Å². The van der Waals surface area contributed by atoms with E-state index in [9.17, 15) is 4.79 Å². The van der Waals surface area contributed by atoms with Crippen LogP contribution >= 0.6 is 0 Å². The summed E-state index contributed by atoms with van der Waals surface area (Å²) >= 11 is 0. The zero-order valence-electron chi connectivity index (χ0n) is 11.2. The Bertz CT molecular complexity index is 387. The van der Waals surface area contributed by atoms with Crippen LogP contribution in [0.3, 0.4) is 0 Å². The van der Waals surface area contributed by atoms with E-state index in [1.807, 2.05) is 6.92 Å². The second-order valence-corrected chi connectivity index (χ2v) is 4.00. The van der Waals surface area contributed by atoms with Crippen LogP contribution in [0.15, 0.2) is 11.6 Å². The van der Waals surface area contributed by atoms with Crippen molar-refractivity contribution >= 4 is 5.97 Å². The van der Waals surface area contributed by atoms with Gasteiger partial charge in [0.05, 0.1) is 7.11 Å². The Balaban J connectivity index is 2.48. The molecular weight excluding hydrogens is 164 g/mol. The van der Waals surface area contributed by atoms with Crippen LogP contribution in [0, 0.1) is 17.2 Å². The second-order valence-electron chi connectivity index (χ2n) is 4.00. The number of methoxy groups -OCH3 is 1. The molecule has 0 N–H and O–H groups in total. The topological polar surface area (TPSA) is 26.3 Å². The molecule has 2 bridgehead atoms. The van der Waals surface area contributed by atoms with Gasteiger partial charge in [-0.3, -0.25) is 0 Å². The molecule has 13 heavy (non-hydrogen) atoms. The molecule has 0 spiro atoms. The van der Waals surface area contributed by atoms with Gasteiger partial charge in [-0.05, 0) is 30.0 Å². The molecular formula is C11H16O2. The summed E-state index contributed by atoms with van der Waals surface area (Å²) in [4.78, 5) is 11.2. The summed E-state index contributed by atoms with van der Waals surface area (Å²) in [7, 11) is 1.27. The minimum Gasteiger partial charge on any atom is -0.466 e. The van der Waals surface area contributed by atoms with Gasteiger partial charge in [-0.1, -0.05) is 19.4 Å². The average molecular weight is 183 g/mol. The lowest BCUT2D eigenvalue weighted by molar-refractivity contribution is -0.135. The van der Waals surface area contributed by atoms with Crippen LogP contribution in [0.25, 0.3) is 0 Å². The molecule has 0 aliphatic heterocycles. The van der Waals surface area contributed by atoms with Gasteiger partial charge in [-0.25, -0.2) is 4.79 Å². The fourth-order valence-corrected chi connectivity index (χ4v) is 2.18. The summed E-state index contributed by atoms with van der Waals surface area (Å²) < 4.78 is 28.8. The summed E-state index contributed by atoms with van der Waals surface area (Å²) in [5.41, 5.74) is -0.107. The van der Waals surface area contributed by atoms with E-state index in [-0.39, 0.29) is 5.92 Å². The largest absolute Gasteiger partial charge is 0.466 e. The average Bonchev–Trinajstić information content (AvgIpc) is 2.46. The van der Waals surface area contributed by atoms with Crippen molar-refractivity contribution < 1.29 is 13.6 Å². The summed E-state index contributed by atoms with van der Waals surface area (Å²) in [5, 5.41) is 0. The van der Waals surface area contributed by atoms with Gasteiger partial charge in [-0.2, -0.15) is 0 Å². The monoisotopic (exact) mass is 183 g/mol. The van der Waals surface area contributed by atoms with Crippen molar-refractivity contribution in [3.05, 3.63) is 11.6 Å². The lowest BCUT2D eigenvalue weighted by atomic mass is 9.61. The molecule has 3 rings (SSSR count). The first kappa shape index (κ1) is 5.84. The molecule has 72 valence electrons. The second kappa shape index (κ2) is 2.60. The lowest BCUT2D eigenvalue weighted by Gasteiger charge is -2.43. The van der Waals surface area contributed by atoms with Crippen molar-refractivity contribution in [2.45, 2.75) is 26.6 Å². The predicted molar refractivity (Wildman–Crippen MR) is 50.1 cm³/mol. The van der Waals surface area contributed by atoms with Crippen LogP contribution in [0.5, 0.6) is 0 Å². The number of carbonyl (C=O) groups is 1. The van der Waals surface area contributed by atoms with Crippen molar-refractivity contribution in [1.82, 2.24) is 0 Å². The summed E-state index contributed by atoms with van der Waals surface area (Å²) in [6.45, 7) is 3.60. The Morgan fingerprint density at radius 3 is 3.00 bits per heavy atom. The molecule has 3 aliphatic carbocycles. The van der Waals surface area contributed by atoms with Gasteiger partial charge in [0.1, 0.15) is 0 Å². The van der Waals surface area contributed by atoms with Crippen LogP contribution < -0.4 is 0 Å². The SMILES string of the molecule is [2H]C1([2H])/C(=C\C(=O)OC)[C@]2(C)C[C@H]1[C@@]2([2H])C. The van der Waals surface area contributed by atoms with Crippen LogP contribution in [0.2, 0.25) is 0 Å². The first-order valence-electron chi connectivity index (χ1n) is 5.98. The maximum Gasteiger partial charge on any atom is 0.330 e. The molecule has 2 nitrogen and oxygen atoms in total. The van der Waals surface area contributed by atoms with Gasteiger partial charge in [0.2, 0.25) is 0 Å². The first-order valence-corrected chi connectivity index (χ1v) is 4.48. The van der Waals surface area contributed by atoms with Gasteiger partial charge in [0.15, 0.2) is 0 Å². The van der Waals surface area contributed by atoms with Crippen LogP contribution in [0.1, 0.15) is 30.8 Å². The zero-order chi connectivity index (χ0) is 12.4. The van der Waals surface area contributed by atoms with E-state index in [0.29, 0.717) is 12.0 Å². The van der Waals surface area contributed by atoms with Crippen LogP contribution in [-0.4, -0.2) is 13.1 Å². The Hall–Kier alpha value is -0.790. The van der Waals surface area contributed by atoms with Crippen molar-refractivity contribution in [2.75, 3.05) is 7.11 Å². The van der Waals surface area contributed by atoms with E-state index in [1.165, 1.54) is 13.2 Å². The third-order valence-corrected chi connectivity index (χ3v) is 3.39. The number of allylic oxidation sites excluding steroid dienone is 1. The van der Waals surface area contributed by atoms with E-state index in [2.05, 4.69) is 4.74 Å². The normalized spacial score (nSPS) is 57.6. The fourth-order valence-electron chi connectivity index (χ4n) is 2.18. The zero-order valence-corrected chi connectivity index (χ0v) is 8.18. The smallest absolute Gasteiger partial charge is 0.330 e. The summed E-state index contributed by atoms with van der Waals surface area (Å²) in [6.07, 6.45) is 0.321. The molecule has 0 aromatic carbocycles. The quantitative estimate of drug-likeness (QED) is 0.460. The number of hydrogen-bond acceptors (Lipinski definition) is 2. The summed E-state index contributed by atoms with van der Waals surface area (Å²) in [5.74, 6) is -1.68. The molecule has 0 aromatic heterocycles. The highest BCUT2D eigenvalue weighted by molar-refractivity contribution is 5.83. The lowest BCUT2D eigenvalue weighted by Crippen LogP contribution is -2.36. The molecule has 3 aliphatic rings. The predicted octanol–water partition coefficient (Wildman–Crippen LogP) is 2.15. The van der Waals surface area contributed by atoms with Crippen molar-refractivity contribution in [3.8, 4) is 0 Å².